The Labute approximate surface area is 84.0 Å². The summed E-state index contributed by atoms with van der Waals surface area (Å²) in [6, 6.07) is 2.46. The fraction of sp³-hybridized carbons (Fsp3) is 0.100. The van der Waals surface area contributed by atoms with Crippen LogP contribution >= 0.6 is 0 Å². The van der Waals surface area contributed by atoms with E-state index in [1.807, 2.05) is 0 Å². The molecule has 0 amide bonds. The van der Waals surface area contributed by atoms with Crippen LogP contribution in [0.5, 0.6) is 0 Å². The van der Waals surface area contributed by atoms with Crippen molar-refractivity contribution in [2.75, 3.05) is 0 Å². The summed E-state index contributed by atoms with van der Waals surface area (Å²) in [5.74, 6) is -1.49. The lowest BCUT2D eigenvalue weighted by Gasteiger charge is -2.06. The highest BCUT2D eigenvalue weighted by molar-refractivity contribution is 5.39. The second-order valence-corrected chi connectivity index (χ2v) is 3.16. The first-order chi connectivity index (χ1) is 7.11. The third-order valence-corrected chi connectivity index (χ3v) is 2.15. The number of rotatable bonds is 1. The molecule has 3 nitrogen and oxygen atoms in total. The zero-order valence-electron chi connectivity index (χ0n) is 7.92. The minimum atomic E-state index is -0.764. The summed E-state index contributed by atoms with van der Waals surface area (Å²) in [4.78, 5) is 13.5. The van der Waals surface area contributed by atoms with E-state index in [9.17, 15) is 13.6 Å². The summed E-state index contributed by atoms with van der Waals surface area (Å²) in [6.45, 7) is 1.51. The van der Waals surface area contributed by atoms with Gasteiger partial charge in [0.25, 0.3) is 0 Å². The van der Waals surface area contributed by atoms with Crippen molar-refractivity contribution >= 4 is 0 Å². The van der Waals surface area contributed by atoms with Gasteiger partial charge in [0.05, 0.1) is 0 Å². The van der Waals surface area contributed by atoms with Gasteiger partial charge in [-0.2, -0.15) is 0 Å². The molecule has 1 aromatic carbocycles. The van der Waals surface area contributed by atoms with Crippen molar-refractivity contribution in [1.82, 2.24) is 9.55 Å². The number of benzene rings is 1. The molecule has 0 saturated heterocycles. The average molecular weight is 210 g/mol. The molecule has 0 spiro atoms. The van der Waals surface area contributed by atoms with E-state index in [-0.39, 0.29) is 5.69 Å². The van der Waals surface area contributed by atoms with Crippen LogP contribution in [0.4, 0.5) is 8.78 Å². The molecule has 1 aromatic heterocycles. The highest BCUT2D eigenvalue weighted by atomic mass is 19.1. The van der Waals surface area contributed by atoms with Crippen LogP contribution in [0.3, 0.4) is 0 Å². The number of hydrogen-bond donors (Lipinski definition) is 1. The first-order valence-corrected chi connectivity index (χ1v) is 4.32. The Kier molecular flexibility index (Phi) is 2.15. The van der Waals surface area contributed by atoms with Crippen LogP contribution in [-0.4, -0.2) is 9.55 Å². The average Bonchev–Trinajstić information content (AvgIpc) is 2.60. The Morgan fingerprint density at radius 2 is 2.07 bits per heavy atom. The van der Waals surface area contributed by atoms with Crippen LogP contribution in [0.2, 0.25) is 0 Å². The lowest BCUT2D eigenvalue weighted by atomic mass is 10.2. The number of halogens is 2. The van der Waals surface area contributed by atoms with Crippen LogP contribution in [0.15, 0.2) is 29.3 Å². The van der Waals surface area contributed by atoms with Crippen molar-refractivity contribution in [3.8, 4) is 5.69 Å². The second kappa shape index (κ2) is 3.34. The molecule has 5 heteroatoms. The van der Waals surface area contributed by atoms with Crippen LogP contribution in [0.1, 0.15) is 5.56 Å². The number of nitrogens with one attached hydrogen (secondary N) is 1. The fourth-order valence-corrected chi connectivity index (χ4v) is 1.36. The van der Waals surface area contributed by atoms with Crippen molar-refractivity contribution in [3.05, 3.63) is 52.2 Å². The molecular formula is C10H8F2N2O. The van der Waals surface area contributed by atoms with E-state index in [2.05, 4.69) is 4.98 Å². The molecule has 1 N–H and O–H groups in total. The molecule has 2 rings (SSSR count). The number of imidazole rings is 1. The van der Waals surface area contributed by atoms with Crippen molar-refractivity contribution in [2.24, 2.45) is 0 Å². The molecule has 78 valence electrons. The number of hydrogen-bond acceptors (Lipinski definition) is 1. The standard InChI is InChI=1S/C10H8F2N2O/c1-6-2-3-7(11)9(8(6)12)14-5-4-13-10(14)15/h2-5H,1H3,(H,13,15). The molecule has 0 aliphatic rings. The van der Waals surface area contributed by atoms with Crippen LogP contribution in [0, 0.1) is 18.6 Å². The first kappa shape index (κ1) is 9.64. The maximum atomic E-state index is 13.6. The minimum absolute atomic E-state index is 0.291. The van der Waals surface area contributed by atoms with E-state index >= 15 is 0 Å². The smallest absolute Gasteiger partial charge is 0.312 e. The molecule has 15 heavy (non-hydrogen) atoms. The molecule has 0 aliphatic heterocycles. The van der Waals surface area contributed by atoms with E-state index in [4.69, 9.17) is 0 Å². The van der Waals surface area contributed by atoms with E-state index in [1.165, 1.54) is 25.4 Å². The molecule has 0 unspecified atom stereocenters. The van der Waals surface area contributed by atoms with Gasteiger partial charge in [0.2, 0.25) is 0 Å². The van der Waals surface area contributed by atoms with Crippen molar-refractivity contribution in [3.63, 3.8) is 0 Å². The van der Waals surface area contributed by atoms with Gasteiger partial charge in [0.1, 0.15) is 11.5 Å². The highest BCUT2D eigenvalue weighted by Gasteiger charge is 2.14. The number of nitrogens with zero attached hydrogens (tertiary/aromatic N) is 1. The number of aryl methyl sites for hydroxylation is 1. The number of aromatic amines is 1. The summed E-state index contributed by atoms with van der Waals surface area (Å²) in [5.41, 5.74) is -0.626. The Hall–Kier alpha value is -1.91. The lowest BCUT2D eigenvalue weighted by molar-refractivity contribution is 0.561. The van der Waals surface area contributed by atoms with Gasteiger partial charge in [-0.05, 0) is 18.6 Å². The van der Waals surface area contributed by atoms with Gasteiger partial charge >= 0.3 is 5.69 Å². The molecule has 1 heterocycles. The summed E-state index contributed by atoms with van der Waals surface area (Å²) in [7, 11) is 0. The maximum absolute atomic E-state index is 13.6. The predicted octanol–water partition coefficient (Wildman–Crippen LogP) is 1.75. The Morgan fingerprint density at radius 1 is 1.33 bits per heavy atom. The van der Waals surface area contributed by atoms with Crippen molar-refractivity contribution in [2.45, 2.75) is 6.92 Å². The molecule has 0 aliphatic carbocycles. The molecule has 0 saturated carbocycles. The summed E-state index contributed by atoms with van der Waals surface area (Å²) in [5, 5.41) is 0. The third kappa shape index (κ3) is 1.45. The number of aromatic nitrogens is 2. The maximum Gasteiger partial charge on any atom is 0.330 e. The largest absolute Gasteiger partial charge is 0.330 e. The number of H-pyrrole nitrogens is 1. The van der Waals surface area contributed by atoms with Gasteiger partial charge in [-0.1, -0.05) is 6.07 Å². The molecule has 2 aromatic rings. The normalized spacial score (nSPS) is 10.6. The van der Waals surface area contributed by atoms with Crippen LogP contribution < -0.4 is 5.69 Å². The van der Waals surface area contributed by atoms with Gasteiger partial charge < -0.3 is 4.98 Å². The second-order valence-electron chi connectivity index (χ2n) is 3.16. The van der Waals surface area contributed by atoms with Gasteiger partial charge in [0.15, 0.2) is 5.82 Å². The zero-order chi connectivity index (χ0) is 11.0. The van der Waals surface area contributed by atoms with Gasteiger partial charge in [-0.3, -0.25) is 4.57 Å². The van der Waals surface area contributed by atoms with Gasteiger partial charge in [-0.15, -0.1) is 0 Å². The van der Waals surface area contributed by atoms with E-state index in [0.717, 1.165) is 10.6 Å². The van der Waals surface area contributed by atoms with E-state index < -0.39 is 17.3 Å². The lowest BCUT2D eigenvalue weighted by Crippen LogP contribution is -2.17. The summed E-state index contributed by atoms with van der Waals surface area (Å²) in [6.07, 6.45) is 2.60. The molecule has 0 fully saturated rings. The molecule has 0 atom stereocenters. The SMILES string of the molecule is Cc1ccc(F)c(-n2cc[nH]c2=O)c1F. The Morgan fingerprint density at radius 3 is 2.67 bits per heavy atom. The fourth-order valence-electron chi connectivity index (χ4n) is 1.36. The summed E-state index contributed by atoms with van der Waals surface area (Å²) >= 11 is 0. The van der Waals surface area contributed by atoms with Gasteiger partial charge in [0, 0.05) is 12.4 Å². The monoisotopic (exact) mass is 210 g/mol. The predicted molar refractivity (Wildman–Crippen MR) is 51.0 cm³/mol. The first-order valence-electron chi connectivity index (χ1n) is 4.32. The minimum Gasteiger partial charge on any atom is -0.312 e. The van der Waals surface area contributed by atoms with Crippen LogP contribution in [-0.2, 0) is 0 Å². The molecule has 0 radical (unpaired) electrons. The van der Waals surface area contributed by atoms with E-state index in [0.29, 0.717) is 5.56 Å². The zero-order valence-corrected chi connectivity index (χ0v) is 7.92. The van der Waals surface area contributed by atoms with Crippen molar-refractivity contribution in [1.29, 1.82) is 0 Å². The topological polar surface area (TPSA) is 37.8 Å². The summed E-state index contributed by atoms with van der Waals surface area (Å²) < 4.78 is 27.9. The van der Waals surface area contributed by atoms with Crippen molar-refractivity contribution < 1.29 is 8.78 Å². The van der Waals surface area contributed by atoms with Crippen LogP contribution in [0.25, 0.3) is 5.69 Å². The third-order valence-electron chi connectivity index (χ3n) is 2.15. The Balaban J connectivity index is 2.78. The molecule has 0 bridgehead atoms. The van der Waals surface area contributed by atoms with Gasteiger partial charge in [-0.25, -0.2) is 13.6 Å². The highest BCUT2D eigenvalue weighted by Crippen LogP contribution is 2.18. The quantitative estimate of drug-likeness (QED) is 0.765. The van der Waals surface area contributed by atoms with E-state index in [1.54, 1.807) is 0 Å². The molecular weight excluding hydrogens is 202 g/mol. The Bertz CT molecular complexity index is 557.